The molecule has 4 aromatic rings. The molecule has 2 aromatic carbocycles. The number of fused-ring (bicyclic) bond motifs is 1. The fourth-order valence-electron chi connectivity index (χ4n) is 4.51. The van der Waals surface area contributed by atoms with Gasteiger partial charge in [0.2, 0.25) is 21.8 Å². The Bertz CT molecular complexity index is 1800. The lowest BCUT2D eigenvalue weighted by Crippen LogP contribution is -2.19. The lowest BCUT2D eigenvalue weighted by atomic mass is 9.88. The predicted octanol–water partition coefficient (Wildman–Crippen LogP) is 3.00. The highest BCUT2D eigenvalue weighted by Crippen LogP contribution is 2.37. The number of hydrogen-bond donors (Lipinski definition) is 3. The summed E-state index contributed by atoms with van der Waals surface area (Å²) in [5, 5.41) is 14.9. The molecule has 0 aliphatic carbocycles. The average molecular weight is 583 g/mol. The van der Waals surface area contributed by atoms with Crippen molar-refractivity contribution < 1.29 is 27.1 Å². The SMILES string of the molecule is Cn1nc(NS(C)(=O)=O)c2cccc(-c3cnc(C#CC(C)(C)O)nc3[C@H](CC(N)=O)Cc3cc(F)cc(F)c3)c21. The van der Waals surface area contributed by atoms with Crippen molar-refractivity contribution in [2.45, 2.75) is 38.2 Å². The number of para-hydroxylation sites is 1. The van der Waals surface area contributed by atoms with Crippen LogP contribution < -0.4 is 10.5 Å². The van der Waals surface area contributed by atoms with Crippen molar-refractivity contribution >= 4 is 32.7 Å². The summed E-state index contributed by atoms with van der Waals surface area (Å²) in [6, 6.07) is 8.22. The van der Waals surface area contributed by atoms with E-state index < -0.39 is 39.1 Å². The van der Waals surface area contributed by atoms with E-state index in [9.17, 15) is 27.1 Å². The van der Waals surface area contributed by atoms with E-state index in [2.05, 4.69) is 31.6 Å². The van der Waals surface area contributed by atoms with Crippen molar-refractivity contribution in [2.75, 3.05) is 11.0 Å². The largest absolute Gasteiger partial charge is 0.378 e. The number of amides is 1. The van der Waals surface area contributed by atoms with Gasteiger partial charge in [-0.15, -0.1) is 0 Å². The number of primary amides is 1. The fourth-order valence-corrected chi connectivity index (χ4v) is 5.01. The number of aliphatic hydroxyl groups is 1. The van der Waals surface area contributed by atoms with Crippen molar-refractivity contribution in [3.8, 4) is 23.0 Å². The van der Waals surface area contributed by atoms with Gasteiger partial charge < -0.3 is 10.8 Å². The van der Waals surface area contributed by atoms with Crippen molar-refractivity contribution in [1.29, 1.82) is 0 Å². The Morgan fingerprint density at radius 3 is 2.49 bits per heavy atom. The number of sulfonamides is 1. The second-order valence-electron chi connectivity index (χ2n) is 10.2. The third kappa shape index (κ3) is 7.41. The number of carbonyl (C=O) groups excluding carboxylic acids is 1. The number of nitrogens with zero attached hydrogens (tertiary/aromatic N) is 4. The lowest BCUT2D eigenvalue weighted by Gasteiger charge is -2.20. The summed E-state index contributed by atoms with van der Waals surface area (Å²) in [5.74, 6) is 2.55. The van der Waals surface area contributed by atoms with Crippen LogP contribution in [0.1, 0.15) is 43.3 Å². The van der Waals surface area contributed by atoms with Crippen molar-refractivity contribution in [2.24, 2.45) is 12.8 Å². The summed E-state index contributed by atoms with van der Waals surface area (Å²) in [4.78, 5) is 21.2. The molecule has 1 amide bonds. The Morgan fingerprint density at radius 1 is 1.20 bits per heavy atom. The van der Waals surface area contributed by atoms with Gasteiger partial charge in [-0.1, -0.05) is 18.1 Å². The lowest BCUT2D eigenvalue weighted by molar-refractivity contribution is -0.118. The highest BCUT2D eigenvalue weighted by molar-refractivity contribution is 7.92. The summed E-state index contributed by atoms with van der Waals surface area (Å²) in [6.45, 7) is 2.99. The van der Waals surface area contributed by atoms with Gasteiger partial charge in [0.05, 0.1) is 17.5 Å². The summed E-state index contributed by atoms with van der Waals surface area (Å²) < 4.78 is 55.9. The average Bonchev–Trinajstić information content (AvgIpc) is 3.14. The fraction of sp³-hybridized carbons (Fsp3) is 0.286. The van der Waals surface area contributed by atoms with Gasteiger partial charge in [0.15, 0.2) is 5.82 Å². The molecule has 1 atom stereocenters. The number of anilines is 1. The standard InChI is InChI=1S/C28H28F2N6O4S/c1-28(2,38)9-8-24-32-15-22(20-6-5-7-21-26(20)36(3)34-27(21)35-41(4,39)40)25(33-24)17(13-23(31)37)10-16-11-18(29)14-19(30)12-16/h5-7,11-12,14-15,17,38H,10,13H2,1-4H3,(H2,31,37)(H,34,35)/t17-/m0/s1. The van der Waals surface area contributed by atoms with Crippen LogP contribution in [0.15, 0.2) is 42.6 Å². The monoisotopic (exact) mass is 582 g/mol. The maximum atomic E-state index is 14.0. The Kier molecular flexibility index (Phi) is 8.10. The minimum atomic E-state index is -3.63. The summed E-state index contributed by atoms with van der Waals surface area (Å²) >= 11 is 0. The first-order valence-electron chi connectivity index (χ1n) is 12.4. The second-order valence-corrected chi connectivity index (χ2v) is 11.9. The molecule has 0 fully saturated rings. The molecule has 214 valence electrons. The van der Waals surface area contributed by atoms with Gasteiger partial charge >= 0.3 is 0 Å². The molecule has 10 nitrogen and oxygen atoms in total. The van der Waals surface area contributed by atoms with Gasteiger partial charge in [0, 0.05) is 48.2 Å². The van der Waals surface area contributed by atoms with Crippen LogP contribution in [0.3, 0.4) is 0 Å². The van der Waals surface area contributed by atoms with Crippen LogP contribution in [0.2, 0.25) is 0 Å². The van der Waals surface area contributed by atoms with E-state index in [1.165, 1.54) is 24.7 Å². The van der Waals surface area contributed by atoms with Crippen LogP contribution in [0.25, 0.3) is 22.0 Å². The van der Waals surface area contributed by atoms with Crippen LogP contribution in [-0.2, 0) is 28.3 Å². The third-order valence-corrected chi connectivity index (χ3v) is 6.54. The molecule has 0 radical (unpaired) electrons. The van der Waals surface area contributed by atoms with E-state index >= 15 is 0 Å². The van der Waals surface area contributed by atoms with Crippen molar-refractivity contribution in [3.05, 3.63) is 71.3 Å². The maximum absolute atomic E-state index is 14.0. The molecule has 4 rings (SSSR count). The summed E-state index contributed by atoms with van der Waals surface area (Å²) in [6.07, 6.45) is 2.29. The number of halogens is 2. The Labute approximate surface area is 235 Å². The highest BCUT2D eigenvalue weighted by atomic mass is 32.2. The number of benzene rings is 2. The minimum Gasteiger partial charge on any atom is -0.378 e. The molecule has 0 bridgehead atoms. The molecule has 0 saturated heterocycles. The molecule has 13 heteroatoms. The van der Waals surface area contributed by atoms with E-state index in [-0.39, 0.29) is 30.0 Å². The van der Waals surface area contributed by atoms with Crippen LogP contribution >= 0.6 is 0 Å². The molecule has 0 saturated carbocycles. The van der Waals surface area contributed by atoms with Crippen molar-refractivity contribution in [3.63, 3.8) is 0 Å². The van der Waals surface area contributed by atoms with Gasteiger partial charge in [-0.2, -0.15) is 5.10 Å². The first kappa shape index (κ1) is 29.6. The van der Waals surface area contributed by atoms with Gasteiger partial charge in [-0.3, -0.25) is 14.2 Å². The quantitative estimate of drug-likeness (QED) is 0.270. The van der Waals surface area contributed by atoms with Crippen LogP contribution in [0.4, 0.5) is 14.6 Å². The van der Waals surface area contributed by atoms with Gasteiger partial charge in [0.25, 0.3) is 0 Å². The molecule has 4 N–H and O–H groups in total. The molecule has 0 unspecified atom stereocenters. The highest BCUT2D eigenvalue weighted by Gasteiger charge is 2.25. The topological polar surface area (TPSA) is 153 Å². The molecule has 0 aliphatic rings. The third-order valence-electron chi connectivity index (χ3n) is 5.97. The van der Waals surface area contributed by atoms with Gasteiger partial charge in [0.1, 0.15) is 17.2 Å². The zero-order valence-electron chi connectivity index (χ0n) is 22.7. The smallest absolute Gasteiger partial charge is 0.231 e. The Morgan fingerprint density at radius 2 is 1.88 bits per heavy atom. The predicted molar refractivity (Wildman–Crippen MR) is 150 cm³/mol. The number of rotatable bonds is 8. The van der Waals surface area contributed by atoms with E-state index in [1.54, 1.807) is 25.2 Å². The minimum absolute atomic E-state index is 0.00222. The van der Waals surface area contributed by atoms with Crippen LogP contribution in [-0.4, -0.2) is 51.0 Å². The molecule has 2 aromatic heterocycles. The second kappa shape index (κ2) is 11.2. The number of aryl methyl sites for hydroxylation is 1. The number of carbonyl (C=O) groups is 1. The molecule has 0 aliphatic heterocycles. The number of nitrogens with two attached hydrogens (primary N) is 1. The molecular weight excluding hydrogens is 554 g/mol. The first-order valence-corrected chi connectivity index (χ1v) is 14.3. The zero-order valence-corrected chi connectivity index (χ0v) is 23.6. The van der Waals surface area contributed by atoms with E-state index in [4.69, 9.17) is 5.73 Å². The summed E-state index contributed by atoms with van der Waals surface area (Å²) in [7, 11) is -1.99. The Balaban J connectivity index is 1.97. The molecule has 41 heavy (non-hydrogen) atoms. The maximum Gasteiger partial charge on any atom is 0.231 e. The number of aromatic nitrogens is 4. The summed E-state index contributed by atoms with van der Waals surface area (Å²) in [5.41, 5.74) is 6.38. The molecule has 0 spiro atoms. The molecular formula is C28H28F2N6O4S. The molecule has 2 heterocycles. The van der Waals surface area contributed by atoms with E-state index in [0.717, 1.165) is 24.5 Å². The van der Waals surface area contributed by atoms with Crippen molar-refractivity contribution in [1.82, 2.24) is 19.7 Å². The van der Waals surface area contributed by atoms with Gasteiger partial charge in [-0.05, 0) is 50.0 Å². The number of nitrogens with one attached hydrogen (secondary N) is 1. The zero-order chi connectivity index (χ0) is 30.1. The van der Waals surface area contributed by atoms with E-state index in [0.29, 0.717) is 27.7 Å². The van der Waals surface area contributed by atoms with E-state index in [1.807, 2.05) is 0 Å². The van der Waals surface area contributed by atoms with Crippen LogP contribution in [0.5, 0.6) is 0 Å². The van der Waals surface area contributed by atoms with Gasteiger partial charge in [-0.25, -0.2) is 27.2 Å². The van der Waals surface area contributed by atoms with Crippen LogP contribution in [0, 0.1) is 23.5 Å². The Hall–Kier alpha value is -4.41. The normalized spacial score (nSPS) is 12.6. The number of hydrogen-bond acceptors (Lipinski definition) is 7. The first-order chi connectivity index (χ1) is 19.1.